The molecule has 1 aromatic heterocycles. The van der Waals surface area contributed by atoms with Gasteiger partial charge in [-0.2, -0.15) is 0 Å². The third-order valence-corrected chi connectivity index (χ3v) is 5.31. The van der Waals surface area contributed by atoms with Crippen molar-refractivity contribution in [3.05, 3.63) is 20.8 Å². The first-order chi connectivity index (χ1) is 8.24. The Morgan fingerprint density at radius 2 is 2.41 bits per heavy atom. The van der Waals surface area contributed by atoms with E-state index < -0.39 is 0 Å². The predicted molar refractivity (Wildman–Crippen MR) is 74.8 cm³/mol. The lowest BCUT2D eigenvalue weighted by Gasteiger charge is -2.36. The van der Waals surface area contributed by atoms with Crippen molar-refractivity contribution in [2.45, 2.75) is 38.3 Å². The predicted octanol–water partition coefficient (Wildman–Crippen LogP) is 3.22. The highest BCUT2D eigenvalue weighted by atomic mass is 79.9. The molecule has 96 valence electrons. The molecule has 0 bridgehead atoms. The molecule has 0 aromatic carbocycles. The first-order valence-electron chi connectivity index (χ1n) is 6.05. The maximum atomic E-state index is 5.66. The van der Waals surface area contributed by atoms with E-state index in [0.29, 0.717) is 6.10 Å². The van der Waals surface area contributed by atoms with Crippen LogP contribution in [0.15, 0.2) is 15.9 Å². The maximum absolute atomic E-state index is 5.66. The van der Waals surface area contributed by atoms with Crippen LogP contribution in [0.5, 0.6) is 0 Å². The van der Waals surface area contributed by atoms with Gasteiger partial charge in [0.25, 0.3) is 0 Å². The number of nitrogens with two attached hydrogens (primary N) is 1. The van der Waals surface area contributed by atoms with Crippen LogP contribution in [-0.4, -0.2) is 12.7 Å². The van der Waals surface area contributed by atoms with Gasteiger partial charge in [0, 0.05) is 16.0 Å². The van der Waals surface area contributed by atoms with Crippen LogP contribution in [0.4, 0.5) is 0 Å². The number of hydrazine groups is 1. The molecule has 1 heterocycles. The maximum Gasteiger partial charge on any atom is 0.0580 e. The molecular formula is C12H19BrN2OS. The summed E-state index contributed by atoms with van der Waals surface area (Å²) < 4.78 is 6.74. The van der Waals surface area contributed by atoms with E-state index in [4.69, 9.17) is 10.6 Å². The quantitative estimate of drug-likeness (QED) is 0.625. The van der Waals surface area contributed by atoms with Crippen LogP contribution in [0.1, 0.15) is 37.1 Å². The van der Waals surface area contributed by atoms with Crippen molar-refractivity contribution in [2.24, 2.45) is 11.8 Å². The minimum absolute atomic E-state index is 0.261. The van der Waals surface area contributed by atoms with E-state index in [1.807, 2.05) is 0 Å². The fraction of sp³-hybridized carbons (Fsp3) is 0.667. The lowest BCUT2D eigenvalue weighted by Crippen LogP contribution is -2.36. The van der Waals surface area contributed by atoms with Gasteiger partial charge in [0.15, 0.2) is 0 Å². The van der Waals surface area contributed by atoms with Gasteiger partial charge in [-0.1, -0.05) is 0 Å². The zero-order valence-electron chi connectivity index (χ0n) is 9.99. The first-order valence-corrected chi connectivity index (χ1v) is 7.72. The summed E-state index contributed by atoms with van der Waals surface area (Å²) in [4.78, 5) is 1.30. The van der Waals surface area contributed by atoms with Gasteiger partial charge in [0.2, 0.25) is 0 Å². The van der Waals surface area contributed by atoms with E-state index in [-0.39, 0.29) is 6.04 Å². The minimum Gasteiger partial charge on any atom is -0.378 e. The number of ether oxygens (including phenoxy) is 1. The third-order valence-electron chi connectivity index (χ3n) is 3.33. The van der Waals surface area contributed by atoms with Gasteiger partial charge in [0.05, 0.1) is 12.1 Å². The van der Waals surface area contributed by atoms with Crippen molar-refractivity contribution in [1.29, 1.82) is 0 Å². The van der Waals surface area contributed by atoms with Crippen LogP contribution < -0.4 is 11.3 Å². The highest BCUT2D eigenvalue weighted by molar-refractivity contribution is 9.10. The summed E-state index contributed by atoms with van der Waals surface area (Å²) in [7, 11) is 0. The van der Waals surface area contributed by atoms with Crippen molar-refractivity contribution < 1.29 is 4.74 Å². The van der Waals surface area contributed by atoms with E-state index in [2.05, 4.69) is 39.7 Å². The average Bonchev–Trinajstić information content (AvgIpc) is 2.68. The highest BCUT2D eigenvalue weighted by Gasteiger charge is 2.32. The summed E-state index contributed by atoms with van der Waals surface area (Å²) in [5.41, 5.74) is 2.93. The normalized spacial score (nSPS) is 25.6. The molecule has 0 aliphatic heterocycles. The SMILES string of the molecule is CCOC1CC(CC(NN)c2sccc2Br)C1. The van der Waals surface area contributed by atoms with Crippen LogP contribution in [0.3, 0.4) is 0 Å². The van der Waals surface area contributed by atoms with Gasteiger partial charge < -0.3 is 4.74 Å². The van der Waals surface area contributed by atoms with E-state index in [1.54, 1.807) is 11.3 Å². The van der Waals surface area contributed by atoms with E-state index in [1.165, 1.54) is 17.7 Å². The Labute approximate surface area is 115 Å². The Morgan fingerprint density at radius 1 is 1.65 bits per heavy atom. The monoisotopic (exact) mass is 318 g/mol. The molecule has 0 spiro atoms. The molecule has 1 fully saturated rings. The van der Waals surface area contributed by atoms with Crippen LogP contribution in [0.2, 0.25) is 0 Å². The summed E-state index contributed by atoms with van der Waals surface area (Å²) in [5.74, 6) is 6.40. The molecule has 1 atom stereocenters. The molecule has 3 nitrogen and oxygen atoms in total. The Bertz CT molecular complexity index is 352. The lowest BCUT2D eigenvalue weighted by molar-refractivity contribution is -0.0290. The van der Waals surface area contributed by atoms with Gasteiger partial charge in [-0.25, -0.2) is 0 Å². The first kappa shape index (κ1) is 13.5. The van der Waals surface area contributed by atoms with Gasteiger partial charge in [-0.15, -0.1) is 11.3 Å². The summed E-state index contributed by atoms with van der Waals surface area (Å²) in [6.07, 6.45) is 3.93. The van der Waals surface area contributed by atoms with Crippen LogP contribution >= 0.6 is 27.3 Å². The molecular weight excluding hydrogens is 300 g/mol. The number of nitrogens with one attached hydrogen (secondary N) is 1. The average molecular weight is 319 g/mol. The van der Waals surface area contributed by atoms with Crippen molar-refractivity contribution >= 4 is 27.3 Å². The molecule has 0 radical (unpaired) electrons. The molecule has 0 saturated heterocycles. The Balaban J connectivity index is 1.84. The summed E-state index contributed by atoms with van der Waals surface area (Å²) >= 11 is 5.31. The van der Waals surface area contributed by atoms with Gasteiger partial charge >= 0.3 is 0 Å². The molecule has 0 amide bonds. The molecule has 1 aliphatic rings. The largest absolute Gasteiger partial charge is 0.378 e. The molecule has 3 N–H and O–H groups in total. The van der Waals surface area contributed by atoms with E-state index >= 15 is 0 Å². The molecule has 1 aliphatic carbocycles. The van der Waals surface area contributed by atoms with Gasteiger partial charge in [0.1, 0.15) is 0 Å². The zero-order valence-corrected chi connectivity index (χ0v) is 12.4. The van der Waals surface area contributed by atoms with E-state index in [0.717, 1.165) is 23.4 Å². The standard InChI is InChI=1S/C12H19BrN2OS/c1-2-16-9-5-8(6-9)7-11(15-14)12-10(13)3-4-17-12/h3-4,8-9,11,15H,2,5-7,14H2,1H3. The summed E-state index contributed by atoms with van der Waals surface area (Å²) in [5, 5.41) is 2.09. The summed E-state index contributed by atoms with van der Waals surface area (Å²) in [6, 6.07) is 2.34. The number of halogens is 1. The molecule has 1 unspecified atom stereocenters. The lowest BCUT2D eigenvalue weighted by atomic mass is 9.78. The number of hydrogen-bond donors (Lipinski definition) is 2. The van der Waals surface area contributed by atoms with Gasteiger partial charge in [-0.3, -0.25) is 11.3 Å². The second kappa shape index (κ2) is 6.29. The van der Waals surface area contributed by atoms with Crippen molar-refractivity contribution in [2.75, 3.05) is 6.61 Å². The smallest absolute Gasteiger partial charge is 0.0580 e. The van der Waals surface area contributed by atoms with Crippen LogP contribution in [0.25, 0.3) is 0 Å². The Morgan fingerprint density at radius 3 is 2.94 bits per heavy atom. The van der Waals surface area contributed by atoms with Crippen molar-refractivity contribution in [3.63, 3.8) is 0 Å². The molecule has 5 heteroatoms. The molecule has 1 aromatic rings. The van der Waals surface area contributed by atoms with Crippen molar-refractivity contribution in [1.82, 2.24) is 5.43 Å². The van der Waals surface area contributed by atoms with Crippen LogP contribution in [-0.2, 0) is 4.74 Å². The van der Waals surface area contributed by atoms with E-state index in [9.17, 15) is 0 Å². The van der Waals surface area contributed by atoms with Crippen molar-refractivity contribution in [3.8, 4) is 0 Å². The second-order valence-corrected chi connectivity index (χ2v) is 6.30. The number of thiophene rings is 1. The topological polar surface area (TPSA) is 47.3 Å². The van der Waals surface area contributed by atoms with Crippen LogP contribution in [0, 0.1) is 5.92 Å². The number of hydrogen-bond acceptors (Lipinski definition) is 4. The zero-order chi connectivity index (χ0) is 12.3. The Hall–Kier alpha value is 0.0600. The Kier molecular flexibility index (Phi) is 4.99. The number of rotatable bonds is 6. The fourth-order valence-electron chi connectivity index (χ4n) is 2.38. The summed E-state index contributed by atoms with van der Waals surface area (Å²) in [6.45, 7) is 2.88. The third kappa shape index (κ3) is 3.29. The second-order valence-electron chi connectivity index (χ2n) is 4.50. The highest BCUT2D eigenvalue weighted by Crippen LogP contribution is 2.39. The molecule has 17 heavy (non-hydrogen) atoms. The molecule has 1 saturated carbocycles. The van der Waals surface area contributed by atoms with Gasteiger partial charge in [-0.05, 0) is 59.5 Å². The molecule has 2 rings (SSSR count). The minimum atomic E-state index is 0.261. The fourth-order valence-corrected chi connectivity index (χ4v) is 4.10.